The van der Waals surface area contributed by atoms with Crippen LogP contribution in [0.4, 0.5) is 0 Å². The number of benzene rings is 2. The number of aryl methyl sites for hydroxylation is 1. The van der Waals surface area contributed by atoms with E-state index in [4.69, 9.17) is 5.73 Å². The number of aliphatic hydroxyl groups excluding tert-OH is 1. The standard InChI is InChI=1S/C23H32N2O/c24-14-11-20-7-4-8-21(17-20)18-25-15-12-22(13-16-25)23(26)10-9-19-5-2-1-3-6-19/h1-8,17,22-23,26H,9-16,18,24H2/t23-/m1/s1. The SMILES string of the molecule is NCCc1cccc(CN2CCC([C@H](O)CCc3ccccc3)CC2)c1. The number of hydrogen-bond donors (Lipinski definition) is 2. The average Bonchev–Trinajstić information content (AvgIpc) is 2.68. The van der Waals surface area contributed by atoms with Crippen molar-refractivity contribution in [1.82, 2.24) is 4.90 Å². The molecule has 1 atom stereocenters. The van der Waals surface area contributed by atoms with Crippen LogP contribution in [0.25, 0.3) is 0 Å². The van der Waals surface area contributed by atoms with Crippen LogP contribution in [-0.2, 0) is 19.4 Å². The molecule has 1 heterocycles. The molecule has 2 aromatic carbocycles. The quantitative estimate of drug-likeness (QED) is 0.766. The van der Waals surface area contributed by atoms with Gasteiger partial charge in [-0.25, -0.2) is 0 Å². The molecule has 0 spiro atoms. The number of piperidine rings is 1. The van der Waals surface area contributed by atoms with Gasteiger partial charge in [0.1, 0.15) is 0 Å². The summed E-state index contributed by atoms with van der Waals surface area (Å²) in [5.41, 5.74) is 9.69. The second-order valence-corrected chi connectivity index (χ2v) is 7.56. The molecule has 1 fully saturated rings. The smallest absolute Gasteiger partial charge is 0.0572 e. The van der Waals surface area contributed by atoms with Crippen molar-refractivity contribution in [2.24, 2.45) is 11.7 Å². The molecule has 1 saturated heterocycles. The van der Waals surface area contributed by atoms with Gasteiger partial charge in [-0.05, 0) is 74.3 Å². The Hall–Kier alpha value is -1.68. The zero-order valence-electron chi connectivity index (χ0n) is 15.7. The lowest BCUT2D eigenvalue weighted by Crippen LogP contribution is -2.37. The lowest BCUT2D eigenvalue weighted by molar-refractivity contribution is 0.0519. The van der Waals surface area contributed by atoms with Crippen LogP contribution in [-0.4, -0.2) is 35.7 Å². The summed E-state index contributed by atoms with van der Waals surface area (Å²) in [4.78, 5) is 2.52. The highest BCUT2D eigenvalue weighted by molar-refractivity contribution is 5.23. The van der Waals surface area contributed by atoms with Gasteiger partial charge >= 0.3 is 0 Å². The van der Waals surface area contributed by atoms with Crippen molar-refractivity contribution in [3.8, 4) is 0 Å². The zero-order valence-corrected chi connectivity index (χ0v) is 15.7. The van der Waals surface area contributed by atoms with E-state index in [-0.39, 0.29) is 6.10 Å². The Morgan fingerprint density at radius 2 is 1.62 bits per heavy atom. The Morgan fingerprint density at radius 3 is 2.35 bits per heavy atom. The Bertz CT molecular complexity index is 650. The molecule has 140 valence electrons. The van der Waals surface area contributed by atoms with Gasteiger partial charge in [0.25, 0.3) is 0 Å². The molecule has 3 heteroatoms. The van der Waals surface area contributed by atoms with Crippen molar-refractivity contribution >= 4 is 0 Å². The Balaban J connectivity index is 1.43. The third-order valence-electron chi connectivity index (χ3n) is 5.58. The van der Waals surface area contributed by atoms with Gasteiger partial charge in [-0.1, -0.05) is 54.6 Å². The van der Waals surface area contributed by atoms with Gasteiger partial charge in [-0.2, -0.15) is 0 Å². The third-order valence-corrected chi connectivity index (χ3v) is 5.58. The number of aliphatic hydroxyl groups is 1. The normalized spacial score (nSPS) is 17.3. The highest BCUT2D eigenvalue weighted by atomic mass is 16.3. The predicted molar refractivity (Wildman–Crippen MR) is 108 cm³/mol. The molecule has 3 nitrogen and oxygen atoms in total. The van der Waals surface area contributed by atoms with E-state index in [9.17, 15) is 5.11 Å². The molecule has 0 radical (unpaired) electrons. The molecule has 0 saturated carbocycles. The molecular formula is C23H32N2O. The summed E-state index contributed by atoms with van der Waals surface area (Å²) in [6.45, 7) is 3.86. The first kappa shape index (κ1) is 19.1. The van der Waals surface area contributed by atoms with Crippen molar-refractivity contribution < 1.29 is 5.11 Å². The first-order valence-corrected chi connectivity index (χ1v) is 9.97. The summed E-state index contributed by atoms with van der Waals surface area (Å²) in [5, 5.41) is 10.6. The molecule has 1 aliphatic rings. The summed E-state index contributed by atoms with van der Waals surface area (Å²) >= 11 is 0. The topological polar surface area (TPSA) is 49.5 Å². The minimum atomic E-state index is -0.176. The van der Waals surface area contributed by atoms with Gasteiger partial charge in [-0.15, -0.1) is 0 Å². The molecule has 0 amide bonds. The molecule has 2 aromatic rings. The van der Waals surface area contributed by atoms with Crippen LogP contribution in [0, 0.1) is 5.92 Å². The van der Waals surface area contributed by atoms with Crippen LogP contribution in [0.3, 0.4) is 0 Å². The Kier molecular flexibility index (Phi) is 7.24. The van der Waals surface area contributed by atoms with Gasteiger partial charge in [-0.3, -0.25) is 4.90 Å². The van der Waals surface area contributed by atoms with Crippen LogP contribution in [0.15, 0.2) is 54.6 Å². The number of likely N-dealkylation sites (tertiary alicyclic amines) is 1. The first-order valence-electron chi connectivity index (χ1n) is 9.97. The maximum absolute atomic E-state index is 10.6. The number of nitrogens with two attached hydrogens (primary N) is 1. The van der Waals surface area contributed by atoms with E-state index in [0.29, 0.717) is 12.5 Å². The maximum Gasteiger partial charge on any atom is 0.0572 e. The molecule has 0 bridgehead atoms. The maximum atomic E-state index is 10.6. The van der Waals surface area contributed by atoms with Crippen LogP contribution < -0.4 is 5.73 Å². The summed E-state index contributed by atoms with van der Waals surface area (Å²) < 4.78 is 0. The van der Waals surface area contributed by atoms with Crippen molar-refractivity contribution in [3.63, 3.8) is 0 Å². The number of nitrogens with zero attached hydrogens (tertiary/aromatic N) is 1. The molecular weight excluding hydrogens is 320 g/mol. The van der Waals surface area contributed by atoms with E-state index in [1.165, 1.54) is 16.7 Å². The van der Waals surface area contributed by atoms with E-state index >= 15 is 0 Å². The van der Waals surface area contributed by atoms with E-state index < -0.39 is 0 Å². The first-order chi connectivity index (χ1) is 12.7. The summed E-state index contributed by atoms with van der Waals surface area (Å²) in [6.07, 6.45) is 4.80. The van der Waals surface area contributed by atoms with Crippen molar-refractivity contribution in [2.75, 3.05) is 19.6 Å². The molecule has 0 aliphatic carbocycles. The lowest BCUT2D eigenvalue weighted by Gasteiger charge is -2.34. The van der Waals surface area contributed by atoms with E-state index in [2.05, 4.69) is 53.4 Å². The second-order valence-electron chi connectivity index (χ2n) is 7.56. The molecule has 26 heavy (non-hydrogen) atoms. The minimum Gasteiger partial charge on any atom is -0.393 e. The number of hydrogen-bond acceptors (Lipinski definition) is 3. The van der Waals surface area contributed by atoms with Crippen molar-refractivity contribution in [3.05, 3.63) is 71.3 Å². The monoisotopic (exact) mass is 352 g/mol. The molecule has 3 rings (SSSR count). The predicted octanol–water partition coefficient (Wildman–Crippen LogP) is 3.39. The zero-order chi connectivity index (χ0) is 18.2. The highest BCUT2D eigenvalue weighted by Crippen LogP contribution is 2.24. The Labute approximate surface area is 157 Å². The van der Waals surface area contributed by atoms with Crippen molar-refractivity contribution in [2.45, 2.75) is 44.8 Å². The van der Waals surface area contributed by atoms with E-state index in [1.54, 1.807) is 0 Å². The van der Waals surface area contributed by atoms with E-state index in [1.807, 2.05) is 6.07 Å². The second kappa shape index (κ2) is 9.86. The summed E-state index contributed by atoms with van der Waals surface area (Å²) in [6, 6.07) is 19.3. The van der Waals surface area contributed by atoms with Gasteiger partial charge in [0, 0.05) is 6.54 Å². The third kappa shape index (κ3) is 5.66. The fourth-order valence-corrected chi connectivity index (χ4v) is 4.00. The van der Waals surface area contributed by atoms with Crippen LogP contribution >= 0.6 is 0 Å². The van der Waals surface area contributed by atoms with Gasteiger partial charge in [0.2, 0.25) is 0 Å². The lowest BCUT2D eigenvalue weighted by atomic mass is 9.88. The number of rotatable bonds is 8. The molecule has 3 N–H and O–H groups in total. The van der Waals surface area contributed by atoms with Crippen molar-refractivity contribution in [1.29, 1.82) is 0 Å². The largest absolute Gasteiger partial charge is 0.393 e. The van der Waals surface area contributed by atoms with Crippen LogP contribution in [0.1, 0.15) is 36.0 Å². The van der Waals surface area contributed by atoms with Crippen LogP contribution in [0.5, 0.6) is 0 Å². The summed E-state index contributed by atoms with van der Waals surface area (Å²) in [7, 11) is 0. The van der Waals surface area contributed by atoms with Crippen LogP contribution in [0.2, 0.25) is 0 Å². The summed E-state index contributed by atoms with van der Waals surface area (Å²) in [5.74, 6) is 0.443. The fourth-order valence-electron chi connectivity index (χ4n) is 4.00. The Morgan fingerprint density at radius 1 is 0.923 bits per heavy atom. The molecule has 1 aliphatic heterocycles. The van der Waals surface area contributed by atoms with Gasteiger partial charge < -0.3 is 10.8 Å². The van der Waals surface area contributed by atoms with E-state index in [0.717, 1.165) is 51.7 Å². The van der Waals surface area contributed by atoms with Gasteiger partial charge in [0.15, 0.2) is 0 Å². The molecule has 0 unspecified atom stereocenters. The highest BCUT2D eigenvalue weighted by Gasteiger charge is 2.25. The molecule has 0 aromatic heterocycles. The fraction of sp³-hybridized carbons (Fsp3) is 0.478. The minimum absolute atomic E-state index is 0.176. The average molecular weight is 353 g/mol. The van der Waals surface area contributed by atoms with Gasteiger partial charge in [0.05, 0.1) is 6.10 Å².